The number of phenolic OH excluding ortho intramolecular Hbond substituents is 1. The van der Waals surface area contributed by atoms with Gasteiger partial charge in [0.05, 0.1) is 17.3 Å². The number of rotatable bonds is 2. The van der Waals surface area contributed by atoms with Crippen LogP contribution < -0.4 is 4.74 Å². The molecule has 0 aromatic heterocycles. The first-order chi connectivity index (χ1) is 14.0. The SMILES string of the molecule is Oc1ccc(Br)cc1[C@@H]1Oc2ccc(Cl)cc2[C@H]2CC(c3ccc(Cl)cc3)=NN21. The Hall–Kier alpha value is -2.21. The molecule has 29 heavy (non-hydrogen) atoms. The Balaban J connectivity index is 1.63. The van der Waals surface area contributed by atoms with E-state index < -0.39 is 6.23 Å². The summed E-state index contributed by atoms with van der Waals surface area (Å²) >= 11 is 15.8. The zero-order chi connectivity index (χ0) is 20.1. The number of phenols is 1. The molecule has 1 N–H and O–H groups in total. The Morgan fingerprint density at radius 3 is 2.52 bits per heavy atom. The van der Waals surface area contributed by atoms with Crippen LogP contribution in [0.4, 0.5) is 0 Å². The maximum Gasteiger partial charge on any atom is 0.217 e. The van der Waals surface area contributed by atoms with Crippen molar-refractivity contribution in [2.45, 2.75) is 18.7 Å². The summed E-state index contributed by atoms with van der Waals surface area (Å²) in [6.07, 6.45) is 0.139. The molecule has 5 rings (SSSR count). The van der Waals surface area contributed by atoms with Crippen LogP contribution in [0.1, 0.15) is 35.4 Å². The highest BCUT2D eigenvalue weighted by Crippen LogP contribution is 2.49. The van der Waals surface area contributed by atoms with Crippen molar-refractivity contribution in [3.63, 3.8) is 0 Å². The average Bonchev–Trinajstić information content (AvgIpc) is 3.16. The van der Waals surface area contributed by atoms with Crippen molar-refractivity contribution < 1.29 is 9.84 Å². The summed E-state index contributed by atoms with van der Waals surface area (Å²) in [5, 5.41) is 18.6. The number of fused-ring (bicyclic) bond motifs is 3. The number of ether oxygens (including phenoxy) is 1. The minimum absolute atomic E-state index is 0.0495. The van der Waals surface area contributed by atoms with Gasteiger partial charge in [0, 0.05) is 26.5 Å². The fourth-order valence-electron chi connectivity index (χ4n) is 3.80. The van der Waals surface area contributed by atoms with Gasteiger partial charge < -0.3 is 9.84 Å². The van der Waals surface area contributed by atoms with Gasteiger partial charge in [-0.05, 0) is 54.1 Å². The Morgan fingerprint density at radius 2 is 1.72 bits per heavy atom. The molecule has 146 valence electrons. The van der Waals surface area contributed by atoms with E-state index in [0.29, 0.717) is 22.0 Å². The Bertz CT molecular complexity index is 1130. The molecule has 0 saturated heterocycles. The largest absolute Gasteiger partial charge is 0.507 e. The topological polar surface area (TPSA) is 45.1 Å². The number of hydrogen-bond acceptors (Lipinski definition) is 4. The van der Waals surface area contributed by atoms with Crippen LogP contribution in [0.25, 0.3) is 0 Å². The molecule has 4 nitrogen and oxygen atoms in total. The molecule has 7 heteroatoms. The van der Waals surface area contributed by atoms with E-state index in [9.17, 15) is 5.11 Å². The maximum atomic E-state index is 10.5. The Morgan fingerprint density at radius 1 is 0.966 bits per heavy atom. The van der Waals surface area contributed by atoms with Gasteiger partial charge in [-0.1, -0.05) is 51.3 Å². The van der Waals surface area contributed by atoms with E-state index in [4.69, 9.17) is 33.0 Å². The molecule has 0 spiro atoms. The molecule has 0 fully saturated rings. The van der Waals surface area contributed by atoms with E-state index in [1.165, 1.54) is 0 Å². The van der Waals surface area contributed by atoms with Crippen LogP contribution in [-0.4, -0.2) is 15.8 Å². The third-order valence-electron chi connectivity index (χ3n) is 5.18. The van der Waals surface area contributed by atoms with Crippen molar-refractivity contribution in [1.82, 2.24) is 5.01 Å². The minimum Gasteiger partial charge on any atom is -0.507 e. The number of aromatic hydroxyl groups is 1. The van der Waals surface area contributed by atoms with E-state index >= 15 is 0 Å². The summed E-state index contributed by atoms with van der Waals surface area (Å²) in [5.41, 5.74) is 3.56. The summed E-state index contributed by atoms with van der Waals surface area (Å²) in [5.74, 6) is 0.900. The van der Waals surface area contributed by atoms with Crippen molar-refractivity contribution in [3.8, 4) is 11.5 Å². The molecule has 3 aromatic rings. The summed E-state index contributed by atoms with van der Waals surface area (Å²) in [6, 6.07) is 18.5. The molecule has 0 saturated carbocycles. The molecule has 2 aliphatic rings. The van der Waals surface area contributed by atoms with Crippen LogP contribution in [-0.2, 0) is 0 Å². The molecule has 2 atom stereocenters. The lowest BCUT2D eigenvalue weighted by Gasteiger charge is -2.38. The predicted molar refractivity (Wildman–Crippen MR) is 118 cm³/mol. The molecule has 0 unspecified atom stereocenters. The molecule has 0 radical (unpaired) electrons. The van der Waals surface area contributed by atoms with Gasteiger partial charge in [0.15, 0.2) is 0 Å². The van der Waals surface area contributed by atoms with Gasteiger partial charge >= 0.3 is 0 Å². The van der Waals surface area contributed by atoms with E-state index in [2.05, 4.69) is 15.9 Å². The van der Waals surface area contributed by atoms with Crippen molar-refractivity contribution in [1.29, 1.82) is 0 Å². The molecule has 2 aliphatic heterocycles. The van der Waals surface area contributed by atoms with Gasteiger partial charge in [-0.2, -0.15) is 5.10 Å². The van der Waals surface area contributed by atoms with Gasteiger partial charge in [0.1, 0.15) is 11.5 Å². The lowest BCUT2D eigenvalue weighted by molar-refractivity contribution is -0.0203. The molecular weight excluding hydrogens is 475 g/mol. The highest BCUT2D eigenvalue weighted by molar-refractivity contribution is 9.10. The summed E-state index contributed by atoms with van der Waals surface area (Å²) < 4.78 is 7.14. The van der Waals surface area contributed by atoms with E-state index in [1.54, 1.807) is 12.1 Å². The summed E-state index contributed by atoms with van der Waals surface area (Å²) in [4.78, 5) is 0. The monoisotopic (exact) mass is 488 g/mol. The molecule has 2 heterocycles. The molecule has 0 amide bonds. The van der Waals surface area contributed by atoms with Crippen molar-refractivity contribution >= 4 is 44.8 Å². The van der Waals surface area contributed by atoms with E-state index in [-0.39, 0.29) is 11.8 Å². The van der Waals surface area contributed by atoms with E-state index in [0.717, 1.165) is 27.1 Å². The highest BCUT2D eigenvalue weighted by atomic mass is 79.9. The van der Waals surface area contributed by atoms with Crippen LogP contribution >= 0.6 is 39.1 Å². The summed E-state index contributed by atoms with van der Waals surface area (Å²) in [7, 11) is 0. The Labute approximate surface area is 186 Å². The lowest BCUT2D eigenvalue weighted by Crippen LogP contribution is -2.33. The first kappa shape index (κ1) is 18.8. The van der Waals surface area contributed by atoms with Crippen LogP contribution in [0.2, 0.25) is 10.0 Å². The standard InChI is InChI=1S/C22H15BrCl2N2O2/c23-13-3-7-20(28)17(9-13)22-27-19(16-10-15(25)6-8-21(16)29-22)11-18(26-27)12-1-4-14(24)5-2-12/h1-10,19,22,28H,11H2/t19-,22+/m1/s1. The summed E-state index contributed by atoms with van der Waals surface area (Å²) in [6.45, 7) is 0. The first-order valence-electron chi connectivity index (χ1n) is 9.06. The Kier molecular flexibility index (Phi) is 4.69. The van der Waals surface area contributed by atoms with Gasteiger partial charge in [-0.25, -0.2) is 5.01 Å². The van der Waals surface area contributed by atoms with Crippen molar-refractivity contribution in [3.05, 3.63) is 91.9 Å². The van der Waals surface area contributed by atoms with Gasteiger partial charge in [0.2, 0.25) is 6.23 Å². The fraction of sp³-hybridized carbons (Fsp3) is 0.136. The number of nitrogens with zero attached hydrogens (tertiary/aromatic N) is 2. The predicted octanol–water partition coefficient (Wildman–Crippen LogP) is 6.70. The fourth-order valence-corrected chi connectivity index (χ4v) is 4.49. The lowest BCUT2D eigenvalue weighted by atomic mass is 9.96. The van der Waals surface area contributed by atoms with Crippen LogP contribution in [0.5, 0.6) is 11.5 Å². The van der Waals surface area contributed by atoms with Crippen LogP contribution in [0.3, 0.4) is 0 Å². The number of hydrogen-bond donors (Lipinski definition) is 1. The van der Waals surface area contributed by atoms with Crippen molar-refractivity contribution in [2.75, 3.05) is 0 Å². The zero-order valence-corrected chi connectivity index (χ0v) is 18.1. The second-order valence-electron chi connectivity index (χ2n) is 7.01. The van der Waals surface area contributed by atoms with Crippen molar-refractivity contribution in [2.24, 2.45) is 5.10 Å². The minimum atomic E-state index is -0.559. The van der Waals surface area contributed by atoms with Gasteiger partial charge in [-0.3, -0.25) is 0 Å². The average molecular weight is 490 g/mol. The number of benzene rings is 3. The molecule has 0 aliphatic carbocycles. The highest BCUT2D eigenvalue weighted by Gasteiger charge is 2.42. The van der Waals surface area contributed by atoms with Gasteiger partial charge in [-0.15, -0.1) is 0 Å². The third-order valence-corrected chi connectivity index (χ3v) is 6.17. The maximum absolute atomic E-state index is 10.5. The third kappa shape index (κ3) is 3.37. The van der Waals surface area contributed by atoms with Gasteiger partial charge in [0.25, 0.3) is 0 Å². The number of hydrazone groups is 1. The molecular formula is C22H15BrCl2N2O2. The molecule has 0 bridgehead atoms. The second kappa shape index (κ2) is 7.24. The van der Waals surface area contributed by atoms with Crippen LogP contribution in [0.15, 0.2) is 70.2 Å². The van der Waals surface area contributed by atoms with E-state index in [1.807, 2.05) is 53.5 Å². The quantitative estimate of drug-likeness (QED) is 0.435. The first-order valence-corrected chi connectivity index (χ1v) is 10.6. The normalized spacial score (nSPS) is 20.0. The smallest absolute Gasteiger partial charge is 0.217 e. The zero-order valence-electron chi connectivity index (χ0n) is 15.0. The number of halogens is 3. The van der Waals surface area contributed by atoms with Crippen LogP contribution in [0, 0.1) is 0 Å². The molecule has 3 aromatic carbocycles. The second-order valence-corrected chi connectivity index (χ2v) is 8.80.